The van der Waals surface area contributed by atoms with E-state index in [9.17, 15) is 0 Å². The fraction of sp³-hybridized carbons (Fsp3) is 0.500. The summed E-state index contributed by atoms with van der Waals surface area (Å²) < 4.78 is 28.2. The molecule has 0 N–H and O–H groups in total. The minimum absolute atomic E-state index is 0.917. The maximum Gasteiger partial charge on any atom is 0.109 e. The first-order valence-corrected chi connectivity index (χ1v) is 1.54. The average molecular weight is 86.1 g/mol. The van der Waals surface area contributed by atoms with Crippen LogP contribution in [0.4, 0.5) is 0 Å². The molecule has 0 aromatic rings. The molecule has 0 saturated carbocycles. The van der Waals surface area contributed by atoms with Gasteiger partial charge in [0.2, 0.25) is 0 Å². The van der Waals surface area contributed by atoms with Crippen molar-refractivity contribution in [2.75, 3.05) is 6.50 Å². The van der Waals surface area contributed by atoms with Crippen LogP contribution in [0.25, 0.3) is 0 Å². The molecule has 0 spiro atoms. The molecule has 0 aromatic carbocycles. The van der Waals surface area contributed by atoms with Crippen LogP contribution in [0.5, 0.6) is 0 Å². The normalized spacial score (nSPS) is 45.3. The third kappa shape index (κ3) is 0.641. The molecule has 0 atom stereocenters. The fourth-order valence-electron chi connectivity index (χ4n) is 0.199. The Labute approximate surface area is 42.2 Å². The summed E-state index contributed by atoms with van der Waals surface area (Å²) >= 11 is 0. The van der Waals surface area contributed by atoms with Gasteiger partial charge in [-0.2, -0.15) is 0 Å². The zero-order chi connectivity index (χ0) is 7.83. The molecule has 1 aliphatic rings. The Balaban J connectivity index is 2.96. The molecule has 0 amide bonds. The van der Waals surface area contributed by atoms with E-state index in [4.69, 9.17) is 5.48 Å². The van der Waals surface area contributed by atoms with E-state index >= 15 is 0 Å². The minimum atomic E-state index is -2.17. The Morgan fingerprint density at radius 3 is 3.33 bits per heavy atom. The maximum absolute atomic E-state index is 7.06. The Kier molecular flexibility index (Phi) is 0.326. The predicted molar refractivity (Wildman–Crippen MR) is 26.5 cm³/mol. The highest BCUT2D eigenvalue weighted by Crippen LogP contribution is 1.80. The fourth-order valence-corrected chi connectivity index (χ4v) is 0.199. The molecular weight excluding hydrogens is 76.1 g/mol. The molecule has 6 heavy (non-hydrogen) atoms. The van der Waals surface area contributed by atoms with E-state index in [1.807, 2.05) is 0 Å². The quantitative estimate of drug-likeness (QED) is 0.410. The second kappa shape index (κ2) is 1.70. The molecule has 1 aliphatic heterocycles. The molecule has 0 bridgehead atoms. The Hall–Kier alpha value is -0.660. The SMILES string of the molecule is [2H]C1([2H])C=NC=NC1([2H])[2H]. The zero-order valence-electron chi connectivity index (χ0n) is 7.05. The van der Waals surface area contributed by atoms with Crippen molar-refractivity contribution in [3.63, 3.8) is 0 Å². The van der Waals surface area contributed by atoms with Crippen LogP contribution < -0.4 is 0 Å². The lowest BCUT2D eigenvalue weighted by molar-refractivity contribution is 1.04. The Morgan fingerprint density at radius 2 is 2.83 bits per heavy atom. The van der Waals surface area contributed by atoms with E-state index in [1.54, 1.807) is 0 Å². The third-order valence-corrected chi connectivity index (χ3v) is 0.393. The molecule has 2 heteroatoms. The maximum atomic E-state index is 7.06. The smallest absolute Gasteiger partial charge is 0.109 e. The highest BCUT2D eigenvalue weighted by Gasteiger charge is 1.79. The lowest BCUT2D eigenvalue weighted by Gasteiger charge is -1.88. The molecule has 0 fully saturated rings. The van der Waals surface area contributed by atoms with Crippen molar-refractivity contribution in [3.05, 3.63) is 0 Å². The molecular formula is C4H6N2. The van der Waals surface area contributed by atoms with Crippen LogP contribution in [-0.2, 0) is 0 Å². The molecule has 0 radical (unpaired) electrons. The highest BCUT2D eigenvalue weighted by molar-refractivity contribution is 5.74. The molecule has 0 unspecified atom stereocenters. The van der Waals surface area contributed by atoms with Crippen LogP contribution >= 0.6 is 0 Å². The van der Waals surface area contributed by atoms with Crippen molar-refractivity contribution >= 4 is 12.6 Å². The van der Waals surface area contributed by atoms with E-state index in [1.165, 1.54) is 0 Å². The number of aliphatic imine (C=N–C) groups is 2. The van der Waals surface area contributed by atoms with E-state index in [0.29, 0.717) is 0 Å². The zero-order valence-corrected chi connectivity index (χ0v) is 3.05. The average Bonchev–Trinajstić information content (AvgIpc) is 1.77. The summed E-state index contributed by atoms with van der Waals surface area (Å²) in [7, 11) is 0. The van der Waals surface area contributed by atoms with E-state index in [0.717, 1.165) is 12.6 Å². The van der Waals surface area contributed by atoms with Crippen LogP contribution in [0.2, 0.25) is 0 Å². The molecule has 1 rings (SSSR count). The Bertz CT molecular complexity index is 173. The van der Waals surface area contributed by atoms with Crippen LogP contribution in [0, 0.1) is 0 Å². The first-order chi connectivity index (χ1) is 4.46. The van der Waals surface area contributed by atoms with Crippen LogP contribution in [0.1, 0.15) is 11.9 Å². The van der Waals surface area contributed by atoms with Crippen LogP contribution in [-0.4, -0.2) is 19.0 Å². The van der Waals surface area contributed by atoms with Crippen LogP contribution in [0.3, 0.4) is 0 Å². The first kappa shape index (κ1) is 1.15. The summed E-state index contributed by atoms with van der Waals surface area (Å²) in [4.78, 5) is 6.64. The van der Waals surface area contributed by atoms with Gasteiger partial charge in [0.1, 0.15) is 6.34 Å². The van der Waals surface area contributed by atoms with Crippen molar-refractivity contribution in [3.8, 4) is 0 Å². The minimum Gasteiger partial charge on any atom is -0.273 e. The number of rotatable bonds is 0. The predicted octanol–water partition coefficient (Wildman–Crippen LogP) is 0.489. The number of hydrogen-bond donors (Lipinski definition) is 0. The summed E-state index contributed by atoms with van der Waals surface area (Å²) in [6, 6.07) is 0. The van der Waals surface area contributed by atoms with Crippen molar-refractivity contribution in [1.82, 2.24) is 0 Å². The summed E-state index contributed by atoms with van der Waals surface area (Å²) in [6.45, 7) is -2.17. The van der Waals surface area contributed by atoms with Gasteiger partial charge in [-0.1, -0.05) is 0 Å². The van der Waals surface area contributed by atoms with Gasteiger partial charge in [0, 0.05) is 21.8 Å². The second-order valence-corrected chi connectivity index (χ2v) is 0.779. The first-order valence-electron chi connectivity index (χ1n) is 3.54. The molecule has 0 aliphatic carbocycles. The van der Waals surface area contributed by atoms with Gasteiger partial charge in [-0.3, -0.25) is 4.99 Å². The summed E-state index contributed by atoms with van der Waals surface area (Å²) in [6.07, 6.45) is -0.150. The van der Waals surface area contributed by atoms with Crippen molar-refractivity contribution in [2.45, 2.75) is 6.37 Å². The standard InChI is InChI=1S/C4H6N2/c1-2-5-4-6-3-1/h2,4H,1,3H2/i1D2,3D2. The monoisotopic (exact) mass is 86.1 g/mol. The van der Waals surface area contributed by atoms with Gasteiger partial charge in [0.05, 0.1) is 2.74 Å². The van der Waals surface area contributed by atoms with Gasteiger partial charge < -0.3 is 0 Å². The lowest BCUT2D eigenvalue weighted by atomic mass is 10.4. The summed E-state index contributed by atoms with van der Waals surface area (Å²) in [5.74, 6) is 0. The third-order valence-electron chi connectivity index (χ3n) is 0.393. The summed E-state index contributed by atoms with van der Waals surface area (Å²) in [5, 5.41) is 0. The molecule has 0 saturated heterocycles. The lowest BCUT2D eigenvalue weighted by Crippen LogP contribution is -1.87. The molecule has 32 valence electrons. The van der Waals surface area contributed by atoms with Crippen molar-refractivity contribution in [1.29, 1.82) is 0 Å². The van der Waals surface area contributed by atoms with Gasteiger partial charge in [0.15, 0.2) is 0 Å². The van der Waals surface area contributed by atoms with Crippen molar-refractivity contribution < 1.29 is 5.48 Å². The topological polar surface area (TPSA) is 24.7 Å². The van der Waals surface area contributed by atoms with Gasteiger partial charge >= 0.3 is 0 Å². The largest absolute Gasteiger partial charge is 0.273 e. The highest BCUT2D eigenvalue weighted by atomic mass is 14.9. The van der Waals surface area contributed by atoms with E-state index < -0.39 is 12.9 Å². The molecule has 2 nitrogen and oxygen atoms in total. The van der Waals surface area contributed by atoms with Crippen LogP contribution in [0.15, 0.2) is 9.98 Å². The van der Waals surface area contributed by atoms with E-state index in [-0.39, 0.29) is 0 Å². The molecule has 1 heterocycles. The van der Waals surface area contributed by atoms with E-state index in [2.05, 4.69) is 9.98 Å². The van der Waals surface area contributed by atoms with Crippen molar-refractivity contribution in [2.24, 2.45) is 9.98 Å². The van der Waals surface area contributed by atoms with Gasteiger partial charge in [-0.25, -0.2) is 4.99 Å². The molecule has 0 aromatic heterocycles. The number of hydrogen-bond acceptors (Lipinski definition) is 2. The summed E-state index contributed by atoms with van der Waals surface area (Å²) in [5.41, 5.74) is 0. The second-order valence-electron chi connectivity index (χ2n) is 0.779. The Morgan fingerprint density at radius 1 is 1.83 bits per heavy atom. The van der Waals surface area contributed by atoms with Gasteiger partial charge in [-0.15, -0.1) is 0 Å². The van der Waals surface area contributed by atoms with Gasteiger partial charge in [0.25, 0.3) is 0 Å². The van der Waals surface area contributed by atoms with Gasteiger partial charge in [-0.05, 0) is 0 Å². The number of nitrogens with zero attached hydrogens (tertiary/aromatic N) is 2.